The van der Waals surface area contributed by atoms with Crippen molar-refractivity contribution in [1.82, 2.24) is 4.90 Å². The van der Waals surface area contributed by atoms with E-state index in [9.17, 15) is 4.39 Å². The van der Waals surface area contributed by atoms with E-state index >= 15 is 0 Å². The summed E-state index contributed by atoms with van der Waals surface area (Å²) in [6.45, 7) is 2.69. The Morgan fingerprint density at radius 2 is 2.05 bits per heavy atom. The van der Waals surface area contributed by atoms with Crippen molar-refractivity contribution in [3.63, 3.8) is 0 Å². The third kappa shape index (κ3) is 3.26. The Morgan fingerprint density at radius 1 is 1.30 bits per heavy atom. The minimum absolute atomic E-state index is 0.121. The zero-order valence-corrected chi connectivity index (χ0v) is 11.9. The monoisotopic (exact) mass is 276 g/mol. The molecule has 0 bridgehead atoms. The van der Waals surface area contributed by atoms with Gasteiger partial charge in [-0.3, -0.25) is 4.90 Å². The highest BCUT2D eigenvalue weighted by molar-refractivity contribution is 5.23. The van der Waals surface area contributed by atoms with Gasteiger partial charge in [0, 0.05) is 23.7 Å². The van der Waals surface area contributed by atoms with Crippen molar-refractivity contribution in [1.29, 1.82) is 0 Å². The molecule has 0 saturated heterocycles. The summed E-state index contributed by atoms with van der Waals surface area (Å²) in [6.07, 6.45) is 4.13. The Balaban J connectivity index is 2.25. The molecule has 2 aromatic rings. The lowest BCUT2D eigenvalue weighted by molar-refractivity contribution is 0.197. The second-order valence-corrected chi connectivity index (χ2v) is 5.09. The van der Waals surface area contributed by atoms with Crippen LogP contribution in [0.2, 0.25) is 0 Å². The maximum Gasteiger partial charge on any atom is 0.128 e. The van der Waals surface area contributed by atoms with Crippen molar-refractivity contribution >= 4 is 0 Å². The van der Waals surface area contributed by atoms with Crippen LogP contribution in [0.5, 0.6) is 0 Å². The normalized spacial score (nSPS) is 14.4. The highest BCUT2D eigenvalue weighted by atomic mass is 19.1. The van der Waals surface area contributed by atoms with Gasteiger partial charge in [-0.05, 0) is 25.6 Å². The highest BCUT2D eigenvalue weighted by Gasteiger charge is 2.25. The first-order valence-electron chi connectivity index (χ1n) is 6.84. The van der Waals surface area contributed by atoms with Gasteiger partial charge in [0.25, 0.3) is 0 Å². The second kappa shape index (κ2) is 6.68. The predicted octanol–water partition coefficient (Wildman–Crippen LogP) is 3.33. The van der Waals surface area contributed by atoms with Crippen molar-refractivity contribution < 1.29 is 8.81 Å². The molecule has 0 fully saturated rings. The first kappa shape index (κ1) is 14.8. The molecule has 2 unspecified atom stereocenters. The fraction of sp³-hybridized carbons (Fsp3) is 0.375. The standard InChI is InChI=1S/C16H21FN2O/c1-3-15(18)16(13-6-4-5-7-14(13)17)19(2)10-12-8-9-20-11-12/h4-9,11,15-16H,3,10,18H2,1-2H3. The summed E-state index contributed by atoms with van der Waals surface area (Å²) >= 11 is 0. The lowest BCUT2D eigenvalue weighted by atomic mass is 9.96. The summed E-state index contributed by atoms with van der Waals surface area (Å²) in [5.41, 5.74) is 7.92. The lowest BCUT2D eigenvalue weighted by Gasteiger charge is -2.32. The number of hydrogen-bond acceptors (Lipinski definition) is 3. The molecule has 4 heteroatoms. The number of hydrogen-bond donors (Lipinski definition) is 1. The predicted molar refractivity (Wildman–Crippen MR) is 77.6 cm³/mol. The van der Waals surface area contributed by atoms with Crippen LogP contribution < -0.4 is 5.73 Å². The van der Waals surface area contributed by atoms with Crippen molar-refractivity contribution in [3.8, 4) is 0 Å². The van der Waals surface area contributed by atoms with Gasteiger partial charge < -0.3 is 10.2 Å². The first-order chi connectivity index (χ1) is 9.63. The van der Waals surface area contributed by atoms with Crippen LogP contribution >= 0.6 is 0 Å². The minimum atomic E-state index is -0.208. The van der Waals surface area contributed by atoms with E-state index in [1.165, 1.54) is 6.07 Å². The Morgan fingerprint density at radius 3 is 2.65 bits per heavy atom. The Bertz CT molecular complexity index is 527. The van der Waals surface area contributed by atoms with Crippen molar-refractivity contribution in [2.45, 2.75) is 32.0 Å². The zero-order chi connectivity index (χ0) is 14.5. The third-order valence-electron chi connectivity index (χ3n) is 3.59. The van der Waals surface area contributed by atoms with E-state index in [1.807, 2.05) is 26.1 Å². The van der Waals surface area contributed by atoms with Gasteiger partial charge in [-0.2, -0.15) is 0 Å². The molecular formula is C16H21FN2O. The molecule has 0 radical (unpaired) electrons. The van der Waals surface area contributed by atoms with E-state index in [2.05, 4.69) is 4.90 Å². The topological polar surface area (TPSA) is 42.4 Å². The van der Waals surface area contributed by atoms with Crippen molar-refractivity contribution in [2.24, 2.45) is 5.73 Å². The molecule has 2 N–H and O–H groups in total. The fourth-order valence-corrected chi connectivity index (χ4v) is 2.50. The largest absolute Gasteiger partial charge is 0.472 e. The first-order valence-corrected chi connectivity index (χ1v) is 6.84. The molecular weight excluding hydrogens is 255 g/mol. The molecule has 0 amide bonds. The zero-order valence-electron chi connectivity index (χ0n) is 11.9. The van der Waals surface area contributed by atoms with Crippen LogP contribution in [-0.2, 0) is 6.54 Å². The van der Waals surface area contributed by atoms with Crippen LogP contribution in [0, 0.1) is 5.82 Å². The summed E-state index contributed by atoms with van der Waals surface area (Å²) < 4.78 is 19.2. The molecule has 3 nitrogen and oxygen atoms in total. The van der Waals surface area contributed by atoms with Crippen LogP contribution in [0.4, 0.5) is 4.39 Å². The molecule has 1 heterocycles. The number of rotatable bonds is 6. The summed E-state index contributed by atoms with van der Waals surface area (Å²) in [5.74, 6) is -0.208. The molecule has 0 aliphatic heterocycles. The van der Waals surface area contributed by atoms with E-state index < -0.39 is 0 Å². The molecule has 0 aliphatic carbocycles. The quantitative estimate of drug-likeness (QED) is 0.880. The Labute approximate surface area is 119 Å². The number of benzene rings is 1. The van der Waals surface area contributed by atoms with Crippen LogP contribution in [0.25, 0.3) is 0 Å². The summed E-state index contributed by atoms with van der Waals surface area (Å²) in [6, 6.07) is 8.47. The van der Waals surface area contributed by atoms with Crippen LogP contribution in [0.3, 0.4) is 0 Å². The van der Waals surface area contributed by atoms with Crippen molar-refractivity contribution in [3.05, 3.63) is 59.8 Å². The molecule has 108 valence electrons. The van der Waals surface area contributed by atoms with Crippen LogP contribution in [-0.4, -0.2) is 18.0 Å². The average Bonchev–Trinajstić information content (AvgIpc) is 2.93. The van der Waals surface area contributed by atoms with E-state index in [0.717, 1.165) is 12.0 Å². The third-order valence-corrected chi connectivity index (χ3v) is 3.59. The van der Waals surface area contributed by atoms with E-state index in [4.69, 9.17) is 10.2 Å². The van der Waals surface area contributed by atoms with Gasteiger partial charge in [0.2, 0.25) is 0 Å². The van der Waals surface area contributed by atoms with E-state index in [1.54, 1.807) is 24.7 Å². The molecule has 0 spiro atoms. The average molecular weight is 276 g/mol. The van der Waals surface area contributed by atoms with Gasteiger partial charge in [0.1, 0.15) is 5.82 Å². The summed E-state index contributed by atoms with van der Waals surface area (Å²) in [5, 5.41) is 0. The summed E-state index contributed by atoms with van der Waals surface area (Å²) in [7, 11) is 1.96. The van der Waals surface area contributed by atoms with Crippen molar-refractivity contribution in [2.75, 3.05) is 7.05 Å². The molecule has 2 atom stereocenters. The molecule has 2 rings (SSSR count). The van der Waals surface area contributed by atoms with Gasteiger partial charge >= 0.3 is 0 Å². The molecule has 0 aliphatic rings. The Hall–Kier alpha value is -1.65. The van der Waals surface area contributed by atoms with Gasteiger partial charge in [0.05, 0.1) is 18.6 Å². The number of furan rings is 1. The molecule has 1 aromatic carbocycles. The summed E-state index contributed by atoms with van der Waals surface area (Å²) in [4.78, 5) is 2.07. The Kier molecular flexibility index (Phi) is 4.93. The smallest absolute Gasteiger partial charge is 0.128 e. The number of halogens is 1. The van der Waals surface area contributed by atoms with Gasteiger partial charge in [0.15, 0.2) is 0 Å². The SMILES string of the molecule is CCC(N)C(c1ccccc1F)N(C)Cc1ccoc1. The number of likely N-dealkylation sites (N-methyl/N-ethyl adjacent to an activating group) is 1. The maximum absolute atomic E-state index is 14.1. The van der Waals surface area contributed by atoms with Crippen LogP contribution in [0.15, 0.2) is 47.3 Å². The highest BCUT2D eigenvalue weighted by Crippen LogP contribution is 2.27. The second-order valence-electron chi connectivity index (χ2n) is 5.09. The van der Waals surface area contributed by atoms with Gasteiger partial charge in [-0.1, -0.05) is 25.1 Å². The maximum atomic E-state index is 14.1. The van der Waals surface area contributed by atoms with E-state index in [0.29, 0.717) is 12.1 Å². The fourth-order valence-electron chi connectivity index (χ4n) is 2.50. The molecule has 20 heavy (non-hydrogen) atoms. The molecule has 0 saturated carbocycles. The van der Waals surface area contributed by atoms with Crippen LogP contribution in [0.1, 0.15) is 30.5 Å². The lowest BCUT2D eigenvalue weighted by Crippen LogP contribution is -2.39. The van der Waals surface area contributed by atoms with E-state index in [-0.39, 0.29) is 17.9 Å². The minimum Gasteiger partial charge on any atom is -0.472 e. The molecule has 1 aromatic heterocycles. The van der Waals surface area contributed by atoms with Gasteiger partial charge in [-0.15, -0.1) is 0 Å². The van der Waals surface area contributed by atoms with Gasteiger partial charge in [-0.25, -0.2) is 4.39 Å². The number of nitrogens with zero attached hydrogens (tertiary/aromatic N) is 1. The number of nitrogens with two attached hydrogens (primary N) is 1.